The summed E-state index contributed by atoms with van der Waals surface area (Å²) in [6.45, 7) is 1.90. The van der Waals surface area contributed by atoms with E-state index in [1.54, 1.807) is 12.4 Å². The van der Waals surface area contributed by atoms with Gasteiger partial charge in [-0.25, -0.2) is 4.79 Å². The van der Waals surface area contributed by atoms with Gasteiger partial charge in [0.25, 0.3) is 5.56 Å². The number of nitrogens with zero attached hydrogens (tertiary/aromatic N) is 2. The highest BCUT2D eigenvalue weighted by molar-refractivity contribution is 5.81. The summed E-state index contributed by atoms with van der Waals surface area (Å²) in [5.41, 5.74) is 2.38. The van der Waals surface area contributed by atoms with Crippen LogP contribution in [-0.2, 0) is 0 Å². The minimum Gasteiger partial charge on any atom is -0.360 e. The van der Waals surface area contributed by atoms with Gasteiger partial charge in [-0.3, -0.25) is 19.3 Å². The van der Waals surface area contributed by atoms with Gasteiger partial charge in [0.05, 0.1) is 22.9 Å². The summed E-state index contributed by atoms with van der Waals surface area (Å²) in [4.78, 5) is 32.3. The molecule has 6 nitrogen and oxygen atoms in total. The molecule has 6 heteroatoms. The normalized spacial score (nSPS) is 10.9. The maximum atomic E-state index is 11.7. The average molecular weight is 242 g/mol. The van der Waals surface area contributed by atoms with Gasteiger partial charge in [-0.15, -0.1) is 0 Å². The van der Waals surface area contributed by atoms with Crippen LogP contribution in [0.15, 0.2) is 40.3 Å². The van der Waals surface area contributed by atoms with Gasteiger partial charge in [0.15, 0.2) is 0 Å². The zero-order chi connectivity index (χ0) is 12.7. The van der Waals surface area contributed by atoms with Crippen molar-refractivity contribution in [3.8, 4) is 5.69 Å². The maximum Gasteiger partial charge on any atom is 0.332 e. The number of rotatable bonds is 1. The third-order valence-corrected chi connectivity index (χ3v) is 2.89. The molecule has 0 aliphatic carbocycles. The Morgan fingerprint density at radius 3 is 2.89 bits per heavy atom. The molecule has 0 fully saturated rings. The summed E-state index contributed by atoms with van der Waals surface area (Å²) in [5.74, 6) is 0. The van der Waals surface area contributed by atoms with Crippen molar-refractivity contribution in [1.29, 1.82) is 0 Å². The molecular formula is C12H10N4O2. The summed E-state index contributed by atoms with van der Waals surface area (Å²) in [6, 6.07) is 3.17. The number of aromatic amines is 2. The fraction of sp³-hybridized carbons (Fsp3) is 0.0833. The van der Waals surface area contributed by atoms with E-state index in [1.165, 1.54) is 16.8 Å². The molecule has 90 valence electrons. The minimum atomic E-state index is -0.474. The highest BCUT2D eigenvalue weighted by Crippen LogP contribution is 2.19. The number of H-pyrrole nitrogens is 2. The topological polar surface area (TPSA) is 83.5 Å². The van der Waals surface area contributed by atoms with E-state index in [0.717, 1.165) is 16.6 Å². The Hall–Kier alpha value is -2.63. The number of nitrogens with one attached hydrogen (secondary N) is 2. The molecule has 2 N–H and O–H groups in total. The smallest absolute Gasteiger partial charge is 0.332 e. The summed E-state index contributed by atoms with van der Waals surface area (Å²) in [5, 5.41) is 0. The molecular weight excluding hydrogens is 232 g/mol. The fourth-order valence-corrected chi connectivity index (χ4v) is 1.97. The van der Waals surface area contributed by atoms with E-state index in [0.29, 0.717) is 5.69 Å². The van der Waals surface area contributed by atoms with E-state index in [4.69, 9.17) is 0 Å². The first-order valence-corrected chi connectivity index (χ1v) is 5.42. The summed E-state index contributed by atoms with van der Waals surface area (Å²) >= 11 is 0. The van der Waals surface area contributed by atoms with Crippen LogP contribution in [0.2, 0.25) is 0 Å². The molecule has 0 aliphatic heterocycles. The van der Waals surface area contributed by atoms with E-state index < -0.39 is 11.2 Å². The van der Waals surface area contributed by atoms with Gasteiger partial charge in [-0.05, 0) is 13.0 Å². The van der Waals surface area contributed by atoms with Crippen molar-refractivity contribution in [3.63, 3.8) is 0 Å². The number of pyridine rings is 1. The quantitative estimate of drug-likeness (QED) is 0.659. The molecule has 0 spiro atoms. The van der Waals surface area contributed by atoms with Crippen LogP contribution in [0.25, 0.3) is 16.7 Å². The Kier molecular flexibility index (Phi) is 2.16. The molecule has 3 heterocycles. The zero-order valence-corrected chi connectivity index (χ0v) is 9.60. The Morgan fingerprint density at radius 1 is 1.28 bits per heavy atom. The standard InChI is InChI=1S/C12H10N4O2/c1-7-9(6-14-8-2-4-13-11(7)8)16-5-3-10(17)15-12(16)18/h2-6,13H,1H3,(H,15,17,18). The van der Waals surface area contributed by atoms with E-state index >= 15 is 0 Å². The van der Waals surface area contributed by atoms with E-state index in [2.05, 4.69) is 15.0 Å². The molecule has 0 radical (unpaired) electrons. The lowest BCUT2D eigenvalue weighted by Gasteiger charge is -2.08. The van der Waals surface area contributed by atoms with Gasteiger partial charge in [0.2, 0.25) is 0 Å². The lowest BCUT2D eigenvalue weighted by molar-refractivity contribution is 0.886. The second-order valence-electron chi connectivity index (χ2n) is 3.99. The van der Waals surface area contributed by atoms with Crippen molar-refractivity contribution in [2.45, 2.75) is 6.92 Å². The van der Waals surface area contributed by atoms with Gasteiger partial charge < -0.3 is 4.98 Å². The third kappa shape index (κ3) is 1.46. The fourth-order valence-electron chi connectivity index (χ4n) is 1.97. The van der Waals surface area contributed by atoms with Gasteiger partial charge in [0, 0.05) is 24.0 Å². The van der Waals surface area contributed by atoms with Gasteiger partial charge >= 0.3 is 5.69 Å². The van der Waals surface area contributed by atoms with Crippen LogP contribution in [0.3, 0.4) is 0 Å². The third-order valence-electron chi connectivity index (χ3n) is 2.89. The summed E-state index contributed by atoms with van der Waals surface area (Å²) < 4.78 is 1.37. The molecule has 0 amide bonds. The van der Waals surface area contributed by atoms with Crippen LogP contribution in [0.4, 0.5) is 0 Å². The number of hydrogen-bond acceptors (Lipinski definition) is 3. The van der Waals surface area contributed by atoms with Crippen molar-refractivity contribution in [1.82, 2.24) is 19.5 Å². The van der Waals surface area contributed by atoms with Crippen molar-refractivity contribution in [3.05, 3.63) is 57.1 Å². The molecule has 3 aromatic heterocycles. The molecule has 3 aromatic rings. The number of hydrogen-bond donors (Lipinski definition) is 2. The lowest BCUT2D eigenvalue weighted by Crippen LogP contribution is -2.27. The number of aryl methyl sites for hydroxylation is 1. The van der Waals surface area contributed by atoms with Crippen LogP contribution in [0.1, 0.15) is 5.56 Å². The van der Waals surface area contributed by atoms with Crippen LogP contribution >= 0.6 is 0 Å². The first kappa shape index (κ1) is 10.5. The Balaban J connectivity index is 2.34. The van der Waals surface area contributed by atoms with Crippen LogP contribution in [0.5, 0.6) is 0 Å². The van der Waals surface area contributed by atoms with Gasteiger partial charge in [0.1, 0.15) is 0 Å². The summed E-state index contributed by atoms with van der Waals surface area (Å²) in [7, 11) is 0. The van der Waals surface area contributed by atoms with Crippen molar-refractivity contribution in [2.24, 2.45) is 0 Å². The van der Waals surface area contributed by atoms with Crippen molar-refractivity contribution >= 4 is 11.0 Å². The highest BCUT2D eigenvalue weighted by Gasteiger charge is 2.08. The zero-order valence-electron chi connectivity index (χ0n) is 9.60. The Bertz CT molecular complexity index is 841. The SMILES string of the molecule is Cc1c(-n2ccc(=O)[nH]c2=O)cnc2cc[nH]c12. The van der Waals surface area contributed by atoms with Gasteiger partial charge in [-0.2, -0.15) is 0 Å². The molecule has 0 unspecified atom stereocenters. The van der Waals surface area contributed by atoms with Crippen molar-refractivity contribution in [2.75, 3.05) is 0 Å². The van der Waals surface area contributed by atoms with Crippen LogP contribution in [-0.4, -0.2) is 19.5 Å². The average Bonchev–Trinajstić information content (AvgIpc) is 2.80. The van der Waals surface area contributed by atoms with Crippen molar-refractivity contribution < 1.29 is 0 Å². The minimum absolute atomic E-state index is 0.414. The van der Waals surface area contributed by atoms with E-state index in [-0.39, 0.29) is 0 Å². The molecule has 0 aliphatic rings. The highest BCUT2D eigenvalue weighted by atomic mass is 16.2. The lowest BCUT2D eigenvalue weighted by atomic mass is 10.2. The molecule has 0 bridgehead atoms. The Labute approximate surface area is 101 Å². The first-order chi connectivity index (χ1) is 8.66. The second kappa shape index (κ2) is 3.69. The second-order valence-corrected chi connectivity index (χ2v) is 3.99. The predicted molar refractivity (Wildman–Crippen MR) is 67.0 cm³/mol. The largest absolute Gasteiger partial charge is 0.360 e. The van der Waals surface area contributed by atoms with Gasteiger partial charge in [-0.1, -0.05) is 0 Å². The van der Waals surface area contributed by atoms with Crippen LogP contribution < -0.4 is 11.2 Å². The molecule has 0 saturated heterocycles. The summed E-state index contributed by atoms with van der Waals surface area (Å²) in [6.07, 6.45) is 4.86. The van der Waals surface area contributed by atoms with E-state index in [1.807, 2.05) is 13.0 Å². The molecule has 18 heavy (non-hydrogen) atoms. The molecule has 0 aromatic carbocycles. The van der Waals surface area contributed by atoms with E-state index in [9.17, 15) is 9.59 Å². The van der Waals surface area contributed by atoms with Crippen LogP contribution in [0, 0.1) is 6.92 Å². The predicted octanol–water partition coefficient (Wildman–Crippen LogP) is 0.711. The number of fused-ring (bicyclic) bond motifs is 1. The monoisotopic (exact) mass is 242 g/mol. The maximum absolute atomic E-state index is 11.7. The molecule has 0 saturated carbocycles. The first-order valence-electron chi connectivity index (χ1n) is 5.42. The molecule has 3 rings (SSSR count). The Morgan fingerprint density at radius 2 is 2.11 bits per heavy atom. The molecule has 0 atom stereocenters. The number of aromatic nitrogens is 4.